The van der Waals surface area contributed by atoms with E-state index in [1.807, 2.05) is 0 Å². The lowest BCUT2D eigenvalue weighted by Gasteiger charge is -2.33. The molecule has 0 aromatic rings. The van der Waals surface area contributed by atoms with E-state index in [1.54, 1.807) is 0 Å². The fourth-order valence-electron chi connectivity index (χ4n) is 2.00. The maximum atomic E-state index is 11.0. The molecule has 1 aliphatic heterocycles. The van der Waals surface area contributed by atoms with E-state index in [2.05, 4.69) is 11.8 Å². The van der Waals surface area contributed by atoms with Crippen molar-refractivity contribution < 1.29 is 8.42 Å². The van der Waals surface area contributed by atoms with Crippen molar-refractivity contribution in [1.29, 1.82) is 0 Å². The zero-order valence-electron chi connectivity index (χ0n) is 9.65. The largest absolute Gasteiger partial charge is 0.328 e. The van der Waals surface area contributed by atoms with Crippen LogP contribution in [0.3, 0.4) is 0 Å². The second-order valence-electron chi connectivity index (χ2n) is 4.67. The van der Waals surface area contributed by atoms with Crippen LogP contribution in [-0.2, 0) is 9.84 Å². The molecular weight excluding hydrogens is 212 g/mol. The van der Waals surface area contributed by atoms with E-state index in [9.17, 15) is 8.42 Å². The Balaban J connectivity index is 2.26. The summed E-state index contributed by atoms with van der Waals surface area (Å²) >= 11 is 0. The van der Waals surface area contributed by atoms with Gasteiger partial charge in [-0.25, -0.2) is 8.42 Å². The zero-order chi connectivity index (χ0) is 11.5. The van der Waals surface area contributed by atoms with Gasteiger partial charge in [-0.15, -0.1) is 0 Å². The Morgan fingerprint density at radius 3 is 2.33 bits per heavy atom. The van der Waals surface area contributed by atoms with Crippen LogP contribution >= 0.6 is 0 Å². The molecule has 1 unspecified atom stereocenters. The Morgan fingerprint density at radius 1 is 1.40 bits per heavy atom. The van der Waals surface area contributed by atoms with Gasteiger partial charge < -0.3 is 10.6 Å². The average Bonchev–Trinajstić information content (AvgIpc) is 2.14. The summed E-state index contributed by atoms with van der Waals surface area (Å²) in [5.74, 6) is 0.884. The fourth-order valence-corrected chi connectivity index (χ4v) is 2.59. The van der Waals surface area contributed by atoms with Crippen LogP contribution in [0.2, 0.25) is 0 Å². The summed E-state index contributed by atoms with van der Waals surface area (Å²) in [4.78, 5) is 2.22. The molecule has 1 fully saturated rings. The van der Waals surface area contributed by atoms with Crippen molar-refractivity contribution in [3.63, 3.8) is 0 Å². The highest BCUT2D eigenvalue weighted by Crippen LogP contribution is 2.19. The number of piperidine rings is 1. The Hall–Kier alpha value is -0.130. The molecule has 0 spiro atoms. The Labute approximate surface area is 92.7 Å². The fraction of sp³-hybridized carbons (Fsp3) is 1.00. The van der Waals surface area contributed by atoms with Gasteiger partial charge in [-0.1, -0.05) is 0 Å². The van der Waals surface area contributed by atoms with Gasteiger partial charge in [0.2, 0.25) is 0 Å². The molecule has 0 saturated carbocycles. The normalized spacial score (nSPS) is 22.9. The maximum absolute atomic E-state index is 11.0. The molecule has 15 heavy (non-hydrogen) atoms. The smallest absolute Gasteiger partial charge is 0.148 e. The molecule has 0 radical (unpaired) electrons. The van der Waals surface area contributed by atoms with E-state index in [0.717, 1.165) is 25.9 Å². The molecule has 0 bridgehead atoms. The molecule has 0 aliphatic carbocycles. The van der Waals surface area contributed by atoms with Crippen molar-refractivity contribution in [1.82, 2.24) is 4.90 Å². The zero-order valence-corrected chi connectivity index (χ0v) is 10.5. The van der Waals surface area contributed by atoms with Gasteiger partial charge in [0.1, 0.15) is 9.84 Å². The number of sulfone groups is 1. The van der Waals surface area contributed by atoms with Crippen molar-refractivity contribution in [2.24, 2.45) is 11.7 Å². The highest BCUT2D eigenvalue weighted by atomic mass is 32.2. The average molecular weight is 234 g/mol. The first-order valence-corrected chi connectivity index (χ1v) is 7.60. The molecule has 90 valence electrons. The standard InChI is InChI=1S/C10H22N2O2S/c1-9(11)10-3-5-12(6-4-10)7-8-15(2,13)14/h9-10H,3-8,11H2,1-2H3. The highest BCUT2D eigenvalue weighted by Gasteiger charge is 2.22. The number of hydrogen-bond acceptors (Lipinski definition) is 4. The summed E-state index contributed by atoms with van der Waals surface area (Å²) in [5.41, 5.74) is 5.84. The van der Waals surface area contributed by atoms with Crippen molar-refractivity contribution in [2.75, 3.05) is 31.6 Å². The van der Waals surface area contributed by atoms with Gasteiger partial charge in [0.05, 0.1) is 5.75 Å². The van der Waals surface area contributed by atoms with Gasteiger partial charge >= 0.3 is 0 Å². The second-order valence-corrected chi connectivity index (χ2v) is 6.93. The van der Waals surface area contributed by atoms with Crippen LogP contribution in [0.5, 0.6) is 0 Å². The van der Waals surface area contributed by atoms with Gasteiger partial charge in [0.15, 0.2) is 0 Å². The van der Waals surface area contributed by atoms with Crippen LogP contribution in [-0.4, -0.2) is 51.0 Å². The van der Waals surface area contributed by atoms with Gasteiger partial charge in [-0.2, -0.15) is 0 Å². The first-order valence-electron chi connectivity index (χ1n) is 5.54. The molecule has 1 heterocycles. The minimum atomic E-state index is -2.82. The van der Waals surface area contributed by atoms with Crippen LogP contribution in [0.1, 0.15) is 19.8 Å². The summed E-state index contributed by atoms with van der Waals surface area (Å²) in [6.45, 7) is 4.70. The summed E-state index contributed by atoms with van der Waals surface area (Å²) in [6, 6.07) is 0.266. The van der Waals surface area contributed by atoms with Gasteiger partial charge in [-0.3, -0.25) is 0 Å². The lowest BCUT2D eigenvalue weighted by Crippen LogP contribution is -2.41. The topological polar surface area (TPSA) is 63.4 Å². The van der Waals surface area contributed by atoms with Crippen molar-refractivity contribution >= 4 is 9.84 Å². The third kappa shape index (κ3) is 4.95. The number of likely N-dealkylation sites (tertiary alicyclic amines) is 1. The van der Waals surface area contributed by atoms with Crippen LogP contribution in [0.4, 0.5) is 0 Å². The summed E-state index contributed by atoms with van der Waals surface area (Å²) in [7, 11) is -2.82. The minimum Gasteiger partial charge on any atom is -0.328 e. The van der Waals surface area contributed by atoms with Crippen LogP contribution < -0.4 is 5.73 Å². The van der Waals surface area contributed by atoms with Crippen LogP contribution in [0.25, 0.3) is 0 Å². The molecule has 4 nitrogen and oxygen atoms in total. The first kappa shape index (κ1) is 12.9. The summed E-state index contributed by atoms with van der Waals surface area (Å²) in [5, 5.41) is 0. The van der Waals surface area contributed by atoms with Crippen molar-refractivity contribution in [2.45, 2.75) is 25.8 Å². The monoisotopic (exact) mass is 234 g/mol. The molecule has 1 rings (SSSR count). The summed E-state index contributed by atoms with van der Waals surface area (Å²) in [6.07, 6.45) is 3.49. The van der Waals surface area contributed by atoms with Crippen molar-refractivity contribution in [3.05, 3.63) is 0 Å². The van der Waals surface area contributed by atoms with Crippen LogP contribution in [0.15, 0.2) is 0 Å². The lowest BCUT2D eigenvalue weighted by molar-refractivity contribution is 0.180. The predicted molar refractivity (Wildman–Crippen MR) is 62.5 cm³/mol. The third-order valence-electron chi connectivity index (χ3n) is 3.15. The number of hydrogen-bond donors (Lipinski definition) is 1. The molecule has 1 saturated heterocycles. The van der Waals surface area contributed by atoms with E-state index < -0.39 is 9.84 Å². The number of nitrogens with two attached hydrogens (primary N) is 1. The Bertz CT molecular complexity index is 280. The minimum absolute atomic E-state index is 0.266. The molecule has 0 aromatic heterocycles. The van der Waals surface area contributed by atoms with Gasteiger partial charge in [0, 0.05) is 18.8 Å². The van der Waals surface area contributed by atoms with E-state index in [0.29, 0.717) is 12.5 Å². The lowest BCUT2D eigenvalue weighted by atomic mass is 9.91. The van der Waals surface area contributed by atoms with Crippen molar-refractivity contribution in [3.8, 4) is 0 Å². The SMILES string of the molecule is CC(N)C1CCN(CCS(C)(=O)=O)CC1. The Morgan fingerprint density at radius 2 is 1.93 bits per heavy atom. The maximum Gasteiger partial charge on any atom is 0.148 e. The van der Waals surface area contributed by atoms with Crippen LogP contribution in [0, 0.1) is 5.92 Å². The predicted octanol–water partition coefficient (Wildman–Crippen LogP) is 0.0902. The molecule has 2 N–H and O–H groups in total. The molecule has 0 aromatic carbocycles. The van der Waals surface area contributed by atoms with Gasteiger partial charge in [-0.05, 0) is 38.8 Å². The van der Waals surface area contributed by atoms with E-state index in [-0.39, 0.29) is 11.8 Å². The van der Waals surface area contributed by atoms with E-state index in [4.69, 9.17) is 5.73 Å². The number of nitrogens with zero attached hydrogens (tertiary/aromatic N) is 1. The molecule has 1 atom stereocenters. The number of rotatable bonds is 4. The van der Waals surface area contributed by atoms with E-state index >= 15 is 0 Å². The third-order valence-corrected chi connectivity index (χ3v) is 4.08. The molecule has 5 heteroatoms. The van der Waals surface area contributed by atoms with Gasteiger partial charge in [0.25, 0.3) is 0 Å². The summed E-state index contributed by atoms with van der Waals surface area (Å²) < 4.78 is 22.0. The first-order chi connectivity index (χ1) is 6.88. The molecular formula is C10H22N2O2S. The molecule has 1 aliphatic rings. The molecule has 0 amide bonds. The Kier molecular flexibility index (Phi) is 4.55. The second kappa shape index (κ2) is 5.27. The van der Waals surface area contributed by atoms with E-state index in [1.165, 1.54) is 6.26 Å². The quantitative estimate of drug-likeness (QED) is 0.749. The highest BCUT2D eigenvalue weighted by molar-refractivity contribution is 7.90.